The van der Waals surface area contributed by atoms with Gasteiger partial charge < -0.3 is 4.40 Å². The van der Waals surface area contributed by atoms with Crippen LogP contribution in [0.1, 0.15) is 5.56 Å². The van der Waals surface area contributed by atoms with E-state index in [0.29, 0.717) is 0 Å². The third kappa shape index (κ3) is 1.48. The van der Waals surface area contributed by atoms with E-state index < -0.39 is 0 Å². The summed E-state index contributed by atoms with van der Waals surface area (Å²) in [7, 11) is 0. The molecule has 78 valence electrons. The normalized spacial score (nSPS) is 10.8. The standard InChI is InChI=1S/C14H12N2/c1-11-7-8-16-10-13(15-14(16)9-11)12-5-3-2-4-6-12/h2-10H,1H3. The number of benzene rings is 1. The predicted molar refractivity (Wildman–Crippen MR) is 65.4 cm³/mol. The van der Waals surface area contributed by atoms with Crippen LogP contribution in [0.2, 0.25) is 0 Å². The van der Waals surface area contributed by atoms with Crippen LogP contribution in [-0.4, -0.2) is 9.38 Å². The Balaban J connectivity index is 2.19. The molecule has 0 atom stereocenters. The van der Waals surface area contributed by atoms with E-state index in [1.807, 2.05) is 24.4 Å². The van der Waals surface area contributed by atoms with Crippen LogP contribution in [0.25, 0.3) is 16.9 Å². The molecule has 1 aromatic carbocycles. The van der Waals surface area contributed by atoms with Crippen LogP contribution in [0.4, 0.5) is 0 Å². The molecule has 0 radical (unpaired) electrons. The molecular weight excluding hydrogens is 196 g/mol. The minimum absolute atomic E-state index is 0.999. The zero-order valence-corrected chi connectivity index (χ0v) is 9.09. The van der Waals surface area contributed by atoms with Crippen molar-refractivity contribution in [3.05, 3.63) is 60.4 Å². The molecule has 0 aliphatic heterocycles. The van der Waals surface area contributed by atoms with Crippen molar-refractivity contribution < 1.29 is 0 Å². The summed E-state index contributed by atoms with van der Waals surface area (Å²) in [6, 6.07) is 14.4. The van der Waals surface area contributed by atoms with Gasteiger partial charge in [-0.1, -0.05) is 30.3 Å². The molecule has 2 heterocycles. The Hall–Kier alpha value is -2.09. The number of rotatable bonds is 1. The maximum atomic E-state index is 4.61. The molecule has 0 fully saturated rings. The van der Waals surface area contributed by atoms with Gasteiger partial charge in [-0.3, -0.25) is 0 Å². The lowest BCUT2D eigenvalue weighted by Gasteiger charge is -1.92. The van der Waals surface area contributed by atoms with Gasteiger partial charge in [0.2, 0.25) is 0 Å². The van der Waals surface area contributed by atoms with Gasteiger partial charge in [0, 0.05) is 18.0 Å². The molecule has 0 aliphatic carbocycles. The molecule has 3 rings (SSSR count). The number of aromatic nitrogens is 2. The highest BCUT2D eigenvalue weighted by molar-refractivity contribution is 5.62. The van der Waals surface area contributed by atoms with Crippen LogP contribution in [0.15, 0.2) is 54.9 Å². The zero-order valence-electron chi connectivity index (χ0n) is 9.09. The summed E-state index contributed by atoms with van der Waals surface area (Å²) in [4.78, 5) is 4.61. The molecule has 0 spiro atoms. The van der Waals surface area contributed by atoms with E-state index in [4.69, 9.17) is 0 Å². The lowest BCUT2D eigenvalue weighted by Crippen LogP contribution is -1.81. The summed E-state index contributed by atoms with van der Waals surface area (Å²) < 4.78 is 2.05. The van der Waals surface area contributed by atoms with Crippen LogP contribution in [-0.2, 0) is 0 Å². The average Bonchev–Trinajstić information content (AvgIpc) is 2.73. The quantitative estimate of drug-likeness (QED) is 0.599. The van der Waals surface area contributed by atoms with Crippen molar-refractivity contribution in [1.29, 1.82) is 0 Å². The van der Waals surface area contributed by atoms with Gasteiger partial charge in [0.15, 0.2) is 0 Å². The topological polar surface area (TPSA) is 17.3 Å². The maximum Gasteiger partial charge on any atom is 0.137 e. The van der Waals surface area contributed by atoms with Crippen LogP contribution in [0.3, 0.4) is 0 Å². The molecule has 2 aromatic heterocycles. The summed E-state index contributed by atoms with van der Waals surface area (Å²) in [6.45, 7) is 2.08. The average molecular weight is 208 g/mol. The first-order valence-electron chi connectivity index (χ1n) is 5.34. The van der Waals surface area contributed by atoms with Crippen molar-refractivity contribution in [1.82, 2.24) is 9.38 Å². The van der Waals surface area contributed by atoms with E-state index in [1.54, 1.807) is 0 Å². The van der Waals surface area contributed by atoms with Gasteiger partial charge in [0.25, 0.3) is 0 Å². The molecule has 0 bridgehead atoms. The minimum atomic E-state index is 0.999. The second kappa shape index (κ2) is 3.49. The molecule has 0 N–H and O–H groups in total. The van der Waals surface area contributed by atoms with Gasteiger partial charge in [-0.05, 0) is 24.6 Å². The second-order valence-corrected chi connectivity index (χ2v) is 3.96. The van der Waals surface area contributed by atoms with Crippen LogP contribution < -0.4 is 0 Å². The van der Waals surface area contributed by atoms with Crippen molar-refractivity contribution in [3.63, 3.8) is 0 Å². The molecule has 2 heteroatoms. The first kappa shape index (κ1) is 9.16. The van der Waals surface area contributed by atoms with Crippen molar-refractivity contribution in [3.8, 4) is 11.3 Å². The van der Waals surface area contributed by atoms with Crippen LogP contribution in [0.5, 0.6) is 0 Å². The summed E-state index contributed by atoms with van der Waals surface area (Å²) in [5.74, 6) is 0. The van der Waals surface area contributed by atoms with E-state index in [0.717, 1.165) is 16.9 Å². The second-order valence-electron chi connectivity index (χ2n) is 3.96. The molecule has 0 saturated heterocycles. The van der Waals surface area contributed by atoms with Gasteiger partial charge in [-0.15, -0.1) is 0 Å². The Morgan fingerprint density at radius 2 is 1.88 bits per heavy atom. The van der Waals surface area contributed by atoms with E-state index in [9.17, 15) is 0 Å². The molecule has 16 heavy (non-hydrogen) atoms. The van der Waals surface area contributed by atoms with Gasteiger partial charge in [-0.25, -0.2) is 4.98 Å². The lowest BCUT2D eigenvalue weighted by atomic mass is 10.2. The number of hydrogen-bond acceptors (Lipinski definition) is 1. The Bertz CT molecular complexity index is 624. The number of aryl methyl sites for hydroxylation is 1. The maximum absolute atomic E-state index is 4.61. The van der Waals surface area contributed by atoms with Crippen LogP contribution in [0, 0.1) is 6.92 Å². The Labute approximate surface area is 94.2 Å². The highest BCUT2D eigenvalue weighted by Crippen LogP contribution is 2.18. The lowest BCUT2D eigenvalue weighted by molar-refractivity contribution is 1.17. The van der Waals surface area contributed by atoms with Gasteiger partial charge in [0.1, 0.15) is 5.65 Å². The number of hydrogen-bond donors (Lipinski definition) is 0. The fourth-order valence-electron chi connectivity index (χ4n) is 1.83. The SMILES string of the molecule is Cc1ccn2cc(-c3ccccc3)nc2c1. The Morgan fingerprint density at radius 1 is 1.06 bits per heavy atom. The molecular formula is C14H12N2. The van der Waals surface area contributed by atoms with E-state index in [2.05, 4.69) is 46.8 Å². The fraction of sp³-hybridized carbons (Fsp3) is 0.0714. The monoisotopic (exact) mass is 208 g/mol. The number of fused-ring (bicyclic) bond motifs is 1. The fourth-order valence-corrected chi connectivity index (χ4v) is 1.83. The highest BCUT2D eigenvalue weighted by Gasteiger charge is 2.02. The highest BCUT2D eigenvalue weighted by atomic mass is 15.0. The van der Waals surface area contributed by atoms with Crippen molar-refractivity contribution >= 4 is 5.65 Å². The van der Waals surface area contributed by atoms with Crippen molar-refractivity contribution in [2.24, 2.45) is 0 Å². The molecule has 0 unspecified atom stereocenters. The summed E-state index contributed by atoms with van der Waals surface area (Å²) in [5, 5.41) is 0. The van der Waals surface area contributed by atoms with E-state index in [1.165, 1.54) is 5.56 Å². The number of nitrogens with zero attached hydrogens (tertiary/aromatic N) is 2. The van der Waals surface area contributed by atoms with E-state index >= 15 is 0 Å². The molecule has 3 aromatic rings. The van der Waals surface area contributed by atoms with Crippen molar-refractivity contribution in [2.75, 3.05) is 0 Å². The van der Waals surface area contributed by atoms with Gasteiger partial charge >= 0.3 is 0 Å². The van der Waals surface area contributed by atoms with Gasteiger partial charge in [-0.2, -0.15) is 0 Å². The third-order valence-electron chi connectivity index (χ3n) is 2.69. The molecule has 0 aliphatic rings. The largest absolute Gasteiger partial charge is 0.306 e. The first-order chi connectivity index (χ1) is 7.83. The predicted octanol–water partition coefficient (Wildman–Crippen LogP) is 3.31. The summed E-state index contributed by atoms with van der Waals surface area (Å²) in [6.07, 6.45) is 4.11. The number of imidazole rings is 1. The van der Waals surface area contributed by atoms with Crippen molar-refractivity contribution in [2.45, 2.75) is 6.92 Å². The minimum Gasteiger partial charge on any atom is -0.306 e. The zero-order chi connectivity index (χ0) is 11.0. The third-order valence-corrected chi connectivity index (χ3v) is 2.69. The molecule has 0 saturated carbocycles. The molecule has 2 nitrogen and oxygen atoms in total. The number of pyridine rings is 1. The molecule has 0 amide bonds. The summed E-state index contributed by atoms with van der Waals surface area (Å²) in [5.41, 5.74) is 4.41. The Kier molecular flexibility index (Phi) is 2.00. The Morgan fingerprint density at radius 3 is 2.69 bits per heavy atom. The smallest absolute Gasteiger partial charge is 0.137 e. The summed E-state index contributed by atoms with van der Waals surface area (Å²) >= 11 is 0. The van der Waals surface area contributed by atoms with E-state index in [-0.39, 0.29) is 0 Å². The van der Waals surface area contributed by atoms with Crippen LogP contribution >= 0.6 is 0 Å². The van der Waals surface area contributed by atoms with Gasteiger partial charge in [0.05, 0.1) is 5.69 Å². The first-order valence-corrected chi connectivity index (χ1v) is 5.34.